The van der Waals surface area contributed by atoms with E-state index in [1.807, 2.05) is 29.2 Å². The van der Waals surface area contributed by atoms with Crippen LogP contribution in [0, 0.1) is 12.8 Å². The number of hydrogen-bond acceptors (Lipinski definition) is 14. The van der Waals surface area contributed by atoms with Crippen molar-refractivity contribution >= 4 is 38.6 Å². The van der Waals surface area contributed by atoms with Gasteiger partial charge in [0.2, 0.25) is 5.91 Å². The SMILES string of the molecule is CNCCC1(CCC2CNC(=O)C2)Oc2c(cc3c(=O)cc(C)oc3c2-n2cc3cc[nH]c3c2)CC1OOCC(O)(Cc1ccc(O)c2ccc(O)cc12)C(O)C(O)C(O)CO. The van der Waals surface area contributed by atoms with Gasteiger partial charge in [0, 0.05) is 73.2 Å². The molecule has 5 heterocycles. The van der Waals surface area contributed by atoms with Crippen LogP contribution < -0.4 is 20.8 Å². The van der Waals surface area contributed by atoms with Crippen molar-refractivity contribution in [2.24, 2.45) is 5.92 Å². The Bertz CT molecular complexity index is 2630. The number of aromatic amines is 1. The molecule has 7 atom stereocenters. The molecule has 7 unspecified atom stereocenters. The highest BCUT2D eigenvalue weighted by Gasteiger charge is 2.49. The quantitative estimate of drug-likeness (QED) is 0.0467. The molecule has 0 bridgehead atoms. The minimum atomic E-state index is -2.42. The van der Waals surface area contributed by atoms with Gasteiger partial charge in [-0.05, 0) is 86.6 Å². The van der Waals surface area contributed by atoms with Crippen LogP contribution in [0.25, 0.3) is 38.3 Å². The largest absolute Gasteiger partial charge is 0.508 e. The molecule has 0 radical (unpaired) electrons. The monoisotopic (exact) mass is 856 g/mol. The van der Waals surface area contributed by atoms with Crippen LogP contribution in [-0.2, 0) is 27.4 Å². The number of phenolic OH excluding ortho intramolecular Hbond substituents is 2. The Balaban J connectivity index is 1.20. The molecule has 2 aliphatic rings. The van der Waals surface area contributed by atoms with Crippen molar-refractivity contribution in [3.63, 3.8) is 0 Å². The number of aliphatic hydroxyl groups excluding tert-OH is 4. The fourth-order valence-electron chi connectivity index (χ4n) is 8.94. The lowest BCUT2D eigenvalue weighted by Crippen LogP contribution is -2.58. The van der Waals surface area contributed by atoms with Crippen LogP contribution in [0.4, 0.5) is 0 Å². The third-order valence-electron chi connectivity index (χ3n) is 12.4. The second-order valence-corrected chi connectivity index (χ2v) is 16.7. The number of benzene rings is 3. The van der Waals surface area contributed by atoms with Crippen LogP contribution >= 0.6 is 0 Å². The molecule has 17 nitrogen and oxygen atoms in total. The van der Waals surface area contributed by atoms with Crippen LogP contribution in [0.1, 0.15) is 42.6 Å². The number of carbonyl (C=O) groups is 1. The smallest absolute Gasteiger partial charge is 0.220 e. The van der Waals surface area contributed by atoms with E-state index in [0.29, 0.717) is 88.8 Å². The average molecular weight is 857 g/mol. The molecule has 1 fully saturated rings. The normalized spacial score (nSPS) is 21.4. The number of nitrogens with zero attached hydrogens (tertiary/aromatic N) is 1. The number of carbonyl (C=O) groups excluding carboxylic acids is 1. The van der Waals surface area contributed by atoms with Crippen LogP contribution in [0.2, 0.25) is 0 Å². The minimum absolute atomic E-state index is 0.00167. The first kappa shape index (κ1) is 43.2. The number of aromatic nitrogens is 2. The van der Waals surface area contributed by atoms with Gasteiger partial charge >= 0.3 is 0 Å². The van der Waals surface area contributed by atoms with Gasteiger partial charge in [0.15, 0.2) is 16.8 Å². The Morgan fingerprint density at radius 3 is 2.58 bits per heavy atom. The van der Waals surface area contributed by atoms with E-state index in [4.69, 9.17) is 18.9 Å². The maximum atomic E-state index is 13.6. The molecule has 3 aromatic carbocycles. The highest BCUT2D eigenvalue weighted by Crippen LogP contribution is 2.47. The summed E-state index contributed by atoms with van der Waals surface area (Å²) < 4.78 is 15.4. The molecular weight excluding hydrogens is 805 g/mol. The number of fused-ring (bicyclic) bond motifs is 4. The predicted octanol–water partition coefficient (Wildman–Crippen LogP) is 2.50. The summed E-state index contributed by atoms with van der Waals surface area (Å²) in [7, 11) is 1.80. The van der Waals surface area contributed by atoms with Gasteiger partial charge in [-0.1, -0.05) is 6.07 Å². The van der Waals surface area contributed by atoms with Gasteiger partial charge in [0.1, 0.15) is 65.2 Å². The standard InChI is InChI=1S/C45H52N4O13/c1-24-13-35(53)32-15-28-16-37(62-59-23-44(58,43(57)40(56)36(54)22-50)18-26-3-6-34(52)30-5-4-29(51)17-31(26)30)45(10-12-46-2,9-7-25-14-38(55)48-19-25)61-41(28)39(42(32)60-24)49-20-27-8-11-47-33(27)21-49/h3-6,8,11,13,15,17,20-21,25,36-37,40,43,46-47,50-52,54,56-58H,7,9-10,12,14,16,18-19,22-23H2,1-2H3,(H,48,55). The van der Waals surface area contributed by atoms with Crippen molar-refractivity contribution in [2.75, 3.05) is 33.4 Å². The molecule has 330 valence electrons. The molecule has 0 saturated carbocycles. The molecular formula is C45H52N4O13. The van der Waals surface area contributed by atoms with E-state index >= 15 is 0 Å². The van der Waals surface area contributed by atoms with Gasteiger partial charge in [0.25, 0.3) is 0 Å². The second-order valence-electron chi connectivity index (χ2n) is 16.7. The first-order valence-corrected chi connectivity index (χ1v) is 20.7. The van der Waals surface area contributed by atoms with Gasteiger partial charge in [-0.25, -0.2) is 9.78 Å². The molecule has 17 heteroatoms. The summed E-state index contributed by atoms with van der Waals surface area (Å²) in [4.78, 5) is 41.4. The Labute approximate surface area is 355 Å². The number of ether oxygens (including phenoxy) is 1. The fourth-order valence-corrected chi connectivity index (χ4v) is 8.94. The van der Waals surface area contributed by atoms with Gasteiger partial charge in [-0.3, -0.25) is 9.59 Å². The zero-order valence-corrected chi connectivity index (χ0v) is 34.3. The van der Waals surface area contributed by atoms with Gasteiger partial charge < -0.3 is 65.1 Å². The summed E-state index contributed by atoms with van der Waals surface area (Å²) in [6, 6.07) is 12.2. The number of nitrogens with one attached hydrogen (secondary N) is 3. The Morgan fingerprint density at radius 1 is 1.02 bits per heavy atom. The topological polar surface area (TPSA) is 261 Å². The van der Waals surface area contributed by atoms with E-state index in [2.05, 4.69) is 15.6 Å². The van der Waals surface area contributed by atoms with E-state index < -0.39 is 55.3 Å². The van der Waals surface area contributed by atoms with E-state index in [0.717, 1.165) is 10.9 Å². The minimum Gasteiger partial charge on any atom is -0.508 e. The number of aliphatic hydroxyl groups is 5. The lowest BCUT2D eigenvalue weighted by Gasteiger charge is -2.45. The third-order valence-corrected chi connectivity index (χ3v) is 12.4. The number of amides is 1. The van der Waals surface area contributed by atoms with Crippen LogP contribution in [-0.4, -0.2) is 120 Å². The Hall–Kier alpha value is -5.50. The lowest BCUT2D eigenvalue weighted by atomic mass is 9.79. The Kier molecular flexibility index (Phi) is 12.1. The molecule has 0 spiro atoms. The number of H-pyrrole nitrogens is 1. The van der Waals surface area contributed by atoms with Crippen molar-refractivity contribution in [3.05, 3.63) is 94.2 Å². The van der Waals surface area contributed by atoms with Crippen molar-refractivity contribution in [3.8, 4) is 22.9 Å². The van der Waals surface area contributed by atoms with Gasteiger partial charge in [0.05, 0.1) is 17.5 Å². The molecule has 1 saturated heterocycles. The maximum absolute atomic E-state index is 13.6. The van der Waals surface area contributed by atoms with Gasteiger partial charge in [-0.2, -0.15) is 0 Å². The first-order valence-electron chi connectivity index (χ1n) is 20.7. The number of hydrogen-bond donors (Lipinski definition) is 10. The summed E-state index contributed by atoms with van der Waals surface area (Å²) in [6.45, 7) is 0.930. The molecule has 0 aliphatic carbocycles. The summed E-state index contributed by atoms with van der Waals surface area (Å²) in [5.41, 5.74) is -1.24. The predicted molar refractivity (Wildman–Crippen MR) is 226 cm³/mol. The van der Waals surface area contributed by atoms with Crippen molar-refractivity contribution in [1.82, 2.24) is 20.2 Å². The zero-order chi connectivity index (χ0) is 43.9. The van der Waals surface area contributed by atoms with Crippen molar-refractivity contribution in [1.29, 1.82) is 0 Å². The van der Waals surface area contributed by atoms with Gasteiger partial charge in [-0.15, -0.1) is 0 Å². The van der Waals surface area contributed by atoms with Crippen molar-refractivity contribution < 1.29 is 59.5 Å². The molecule has 10 N–H and O–H groups in total. The highest BCUT2D eigenvalue weighted by molar-refractivity contribution is 5.92. The lowest BCUT2D eigenvalue weighted by molar-refractivity contribution is -0.373. The molecule has 8 rings (SSSR count). The van der Waals surface area contributed by atoms with E-state index in [1.54, 1.807) is 20.0 Å². The highest BCUT2D eigenvalue weighted by atomic mass is 17.2. The van der Waals surface area contributed by atoms with E-state index in [1.165, 1.54) is 36.4 Å². The molecule has 1 amide bonds. The number of phenols is 2. The Morgan fingerprint density at radius 2 is 1.84 bits per heavy atom. The number of rotatable bonds is 17. The van der Waals surface area contributed by atoms with Crippen LogP contribution in [0.15, 0.2) is 76.3 Å². The average Bonchev–Trinajstić information content (AvgIpc) is 3.99. The fraction of sp³-hybridized carbons (Fsp3) is 0.422. The molecule has 2 aliphatic heterocycles. The molecule has 62 heavy (non-hydrogen) atoms. The molecule has 3 aromatic heterocycles. The van der Waals surface area contributed by atoms with Crippen molar-refractivity contribution in [2.45, 2.75) is 81.1 Å². The summed E-state index contributed by atoms with van der Waals surface area (Å²) >= 11 is 0. The van der Waals surface area contributed by atoms with Crippen LogP contribution in [0.5, 0.6) is 17.2 Å². The van der Waals surface area contributed by atoms with Crippen LogP contribution in [0.3, 0.4) is 0 Å². The maximum Gasteiger partial charge on any atom is 0.220 e. The number of aryl methyl sites for hydroxylation is 1. The van der Waals surface area contributed by atoms with E-state index in [9.17, 15) is 45.3 Å². The second kappa shape index (κ2) is 17.3. The molecule has 6 aromatic rings. The summed E-state index contributed by atoms with van der Waals surface area (Å²) in [6.07, 6.45) is 0.00521. The van der Waals surface area contributed by atoms with E-state index in [-0.39, 0.29) is 35.2 Å². The summed E-state index contributed by atoms with van der Waals surface area (Å²) in [5.74, 6) is 0.591. The number of aromatic hydroxyl groups is 2. The summed E-state index contributed by atoms with van der Waals surface area (Å²) in [5, 5.41) is 83.6. The third kappa shape index (κ3) is 8.25. The first-order chi connectivity index (χ1) is 29.7. The zero-order valence-electron chi connectivity index (χ0n) is 34.3.